The van der Waals surface area contributed by atoms with Gasteiger partial charge in [-0.2, -0.15) is 0 Å². The minimum Gasteiger partial charge on any atom is -0.399 e. The SMILES string of the molecule is Cc1cccc(N(c2ccccc2)c2ccc(-c3ccc(N(c4ccccc4)c4cccc(C)c4)cc3)cc2)c1.Nc1ccc(-c2ccc(N)cc2)cc1. The lowest BCUT2D eigenvalue weighted by molar-refractivity contribution is 1.27. The number of benzene rings is 8. The van der Waals surface area contributed by atoms with Crippen LogP contribution in [-0.2, 0) is 0 Å². The number of anilines is 8. The summed E-state index contributed by atoms with van der Waals surface area (Å²) in [5.74, 6) is 0. The van der Waals surface area contributed by atoms with Crippen LogP contribution in [0.1, 0.15) is 11.1 Å². The second-order valence-electron chi connectivity index (χ2n) is 13.4. The van der Waals surface area contributed by atoms with E-state index < -0.39 is 0 Å². The van der Waals surface area contributed by atoms with Crippen molar-refractivity contribution in [1.82, 2.24) is 0 Å². The van der Waals surface area contributed by atoms with Gasteiger partial charge in [0.25, 0.3) is 0 Å². The van der Waals surface area contributed by atoms with Gasteiger partial charge in [-0.05, 0) is 144 Å². The van der Waals surface area contributed by atoms with Gasteiger partial charge >= 0.3 is 0 Å². The number of nitrogen functional groups attached to an aromatic ring is 2. The van der Waals surface area contributed by atoms with Crippen molar-refractivity contribution >= 4 is 45.5 Å². The van der Waals surface area contributed by atoms with Gasteiger partial charge in [0.15, 0.2) is 0 Å². The minimum absolute atomic E-state index is 0.782. The molecule has 0 aliphatic carbocycles. The van der Waals surface area contributed by atoms with E-state index in [2.05, 4.69) is 181 Å². The van der Waals surface area contributed by atoms with Gasteiger partial charge in [-0.1, -0.05) is 109 Å². The molecule has 8 aromatic rings. The van der Waals surface area contributed by atoms with E-state index in [0.717, 1.165) is 56.6 Å². The van der Waals surface area contributed by atoms with Crippen molar-refractivity contribution in [3.8, 4) is 22.3 Å². The Labute approximate surface area is 319 Å². The van der Waals surface area contributed by atoms with Gasteiger partial charge in [0.2, 0.25) is 0 Å². The molecule has 0 fully saturated rings. The molecule has 54 heavy (non-hydrogen) atoms. The number of nitrogens with two attached hydrogens (primary N) is 2. The Morgan fingerprint density at radius 3 is 0.870 bits per heavy atom. The van der Waals surface area contributed by atoms with Crippen LogP contribution >= 0.6 is 0 Å². The number of para-hydroxylation sites is 2. The lowest BCUT2D eigenvalue weighted by Gasteiger charge is -2.26. The van der Waals surface area contributed by atoms with E-state index in [0.29, 0.717) is 0 Å². The molecular formula is C50H44N4. The van der Waals surface area contributed by atoms with Crippen LogP contribution in [0.25, 0.3) is 22.3 Å². The third kappa shape index (κ3) is 8.52. The smallest absolute Gasteiger partial charge is 0.0464 e. The van der Waals surface area contributed by atoms with Gasteiger partial charge in [0.05, 0.1) is 0 Å². The Hall–Kier alpha value is -7.04. The van der Waals surface area contributed by atoms with Gasteiger partial charge in [-0.25, -0.2) is 0 Å². The third-order valence-electron chi connectivity index (χ3n) is 9.29. The molecule has 0 saturated heterocycles. The van der Waals surface area contributed by atoms with E-state index in [1.54, 1.807) is 0 Å². The second kappa shape index (κ2) is 16.5. The molecular weight excluding hydrogens is 657 g/mol. The molecule has 0 amide bonds. The minimum atomic E-state index is 0.782. The standard InChI is InChI=1S/C38H32N2.C12H12N2/c1-29-11-9-17-37(27-29)39(33-13-5-3-6-14-33)35-23-19-31(20-24-35)32-21-25-36(26-22-32)40(34-15-7-4-8-16-34)38-18-10-12-30(2)28-38;13-11-5-1-9(2-6-11)10-3-7-12(14)8-4-10/h3-28H,1-2H3;1-8H,13-14H2. The zero-order valence-electron chi connectivity index (χ0n) is 30.7. The van der Waals surface area contributed by atoms with Crippen molar-refractivity contribution in [2.45, 2.75) is 13.8 Å². The highest BCUT2D eigenvalue weighted by molar-refractivity contribution is 5.81. The average Bonchev–Trinajstić information content (AvgIpc) is 3.21. The second-order valence-corrected chi connectivity index (χ2v) is 13.4. The van der Waals surface area contributed by atoms with Crippen LogP contribution < -0.4 is 21.3 Å². The summed E-state index contributed by atoms with van der Waals surface area (Å²) in [5.41, 5.74) is 26.8. The van der Waals surface area contributed by atoms with Crippen LogP contribution in [0.5, 0.6) is 0 Å². The van der Waals surface area contributed by atoms with Crippen LogP contribution in [0.2, 0.25) is 0 Å². The van der Waals surface area contributed by atoms with Crippen molar-refractivity contribution in [3.05, 3.63) is 217 Å². The molecule has 0 aliphatic heterocycles. The summed E-state index contributed by atoms with van der Waals surface area (Å²) in [6.45, 7) is 4.27. The Balaban J connectivity index is 0.000000269. The fourth-order valence-corrected chi connectivity index (χ4v) is 6.54. The van der Waals surface area contributed by atoms with E-state index in [1.807, 2.05) is 48.5 Å². The lowest BCUT2D eigenvalue weighted by Crippen LogP contribution is -2.10. The molecule has 0 unspecified atom stereocenters. The molecule has 0 bridgehead atoms. The number of aryl methyl sites for hydroxylation is 2. The first-order valence-corrected chi connectivity index (χ1v) is 18.2. The summed E-state index contributed by atoms with van der Waals surface area (Å²) in [7, 11) is 0. The monoisotopic (exact) mass is 700 g/mol. The molecule has 4 nitrogen and oxygen atoms in total. The normalized spacial score (nSPS) is 10.6. The Morgan fingerprint density at radius 1 is 0.278 bits per heavy atom. The van der Waals surface area contributed by atoms with Gasteiger partial charge in [0.1, 0.15) is 0 Å². The molecule has 0 radical (unpaired) electrons. The lowest BCUT2D eigenvalue weighted by atomic mass is 10.0. The molecule has 4 N–H and O–H groups in total. The number of rotatable bonds is 8. The van der Waals surface area contributed by atoms with E-state index in [4.69, 9.17) is 11.5 Å². The summed E-state index contributed by atoms with van der Waals surface area (Å²) >= 11 is 0. The zero-order valence-corrected chi connectivity index (χ0v) is 30.7. The molecule has 264 valence electrons. The van der Waals surface area contributed by atoms with Crippen molar-refractivity contribution in [2.75, 3.05) is 21.3 Å². The first-order valence-electron chi connectivity index (χ1n) is 18.2. The van der Waals surface area contributed by atoms with Crippen molar-refractivity contribution in [1.29, 1.82) is 0 Å². The molecule has 0 atom stereocenters. The molecule has 0 aliphatic rings. The van der Waals surface area contributed by atoms with E-state index in [9.17, 15) is 0 Å². The fraction of sp³-hybridized carbons (Fsp3) is 0.0400. The van der Waals surface area contributed by atoms with Crippen LogP contribution in [0, 0.1) is 13.8 Å². The summed E-state index contributed by atoms with van der Waals surface area (Å²) in [6.07, 6.45) is 0. The quantitative estimate of drug-likeness (QED) is 0.155. The van der Waals surface area contributed by atoms with Crippen LogP contribution in [0.4, 0.5) is 45.5 Å². The van der Waals surface area contributed by atoms with Gasteiger partial charge in [-0.15, -0.1) is 0 Å². The Morgan fingerprint density at radius 2 is 0.556 bits per heavy atom. The number of nitrogens with zero attached hydrogens (tertiary/aromatic N) is 2. The zero-order chi connectivity index (χ0) is 37.3. The number of hydrogen-bond acceptors (Lipinski definition) is 4. The maximum Gasteiger partial charge on any atom is 0.0464 e. The largest absolute Gasteiger partial charge is 0.399 e. The first-order chi connectivity index (χ1) is 26.4. The summed E-state index contributed by atoms with van der Waals surface area (Å²) in [6, 6.07) is 71.7. The highest BCUT2D eigenvalue weighted by Gasteiger charge is 2.14. The number of hydrogen-bond donors (Lipinski definition) is 2. The maximum absolute atomic E-state index is 5.61. The maximum atomic E-state index is 5.61. The Bertz CT molecular complexity index is 2210. The van der Waals surface area contributed by atoms with E-state index in [-0.39, 0.29) is 0 Å². The first kappa shape index (κ1) is 35.4. The summed E-state index contributed by atoms with van der Waals surface area (Å²) in [4.78, 5) is 4.61. The average molecular weight is 701 g/mol. The Kier molecular flexibility index (Phi) is 10.8. The predicted octanol–water partition coefficient (Wildman–Crippen LogP) is 13.4. The molecule has 0 heterocycles. The van der Waals surface area contributed by atoms with Crippen molar-refractivity contribution in [3.63, 3.8) is 0 Å². The molecule has 0 aromatic heterocycles. The van der Waals surface area contributed by atoms with E-state index >= 15 is 0 Å². The molecule has 8 aromatic carbocycles. The van der Waals surface area contributed by atoms with Crippen molar-refractivity contribution < 1.29 is 0 Å². The molecule has 0 saturated carbocycles. The van der Waals surface area contributed by atoms with Crippen LogP contribution in [-0.4, -0.2) is 0 Å². The van der Waals surface area contributed by atoms with Gasteiger partial charge in [-0.3, -0.25) is 0 Å². The van der Waals surface area contributed by atoms with Crippen LogP contribution in [0.3, 0.4) is 0 Å². The van der Waals surface area contributed by atoms with Crippen LogP contribution in [0.15, 0.2) is 206 Å². The fourth-order valence-electron chi connectivity index (χ4n) is 6.54. The summed E-state index contributed by atoms with van der Waals surface area (Å²) < 4.78 is 0. The summed E-state index contributed by atoms with van der Waals surface area (Å²) in [5, 5.41) is 0. The van der Waals surface area contributed by atoms with Crippen molar-refractivity contribution in [2.24, 2.45) is 0 Å². The highest BCUT2D eigenvalue weighted by atomic mass is 15.1. The van der Waals surface area contributed by atoms with E-state index in [1.165, 1.54) is 22.3 Å². The third-order valence-corrected chi connectivity index (χ3v) is 9.29. The molecule has 8 rings (SSSR count). The topological polar surface area (TPSA) is 58.5 Å². The highest BCUT2D eigenvalue weighted by Crippen LogP contribution is 2.38. The molecule has 0 spiro atoms. The van der Waals surface area contributed by atoms with Gasteiger partial charge in [0, 0.05) is 45.5 Å². The predicted molar refractivity (Wildman–Crippen MR) is 231 cm³/mol. The molecule has 4 heteroatoms. The van der Waals surface area contributed by atoms with Gasteiger partial charge < -0.3 is 21.3 Å².